The van der Waals surface area contributed by atoms with E-state index >= 15 is 0 Å². The van der Waals surface area contributed by atoms with E-state index in [1.54, 1.807) is 48.5 Å². The van der Waals surface area contributed by atoms with Crippen LogP contribution in [0.3, 0.4) is 0 Å². The van der Waals surface area contributed by atoms with Crippen molar-refractivity contribution < 1.29 is 34.2 Å². The third-order valence-electron chi connectivity index (χ3n) is 4.26. The lowest BCUT2D eigenvalue weighted by Gasteiger charge is -2.17. The smallest absolute Gasteiger partial charge is 0.408 e. The number of ether oxygens (including phenoxy) is 1. The zero-order valence-corrected chi connectivity index (χ0v) is 15.9. The van der Waals surface area contributed by atoms with Crippen molar-refractivity contribution in [2.24, 2.45) is 0 Å². The Labute approximate surface area is 171 Å². The minimum atomic E-state index is -1.35. The normalized spacial score (nSPS) is 11.6. The van der Waals surface area contributed by atoms with Crippen LogP contribution in [0.25, 0.3) is 10.9 Å². The van der Waals surface area contributed by atoms with Gasteiger partial charge in [-0.15, -0.1) is 4.73 Å². The number of rotatable bonds is 9. The number of para-hydroxylation sites is 1. The summed E-state index contributed by atoms with van der Waals surface area (Å²) in [6, 6.07) is 16.0. The van der Waals surface area contributed by atoms with Crippen LogP contribution in [0, 0.1) is 0 Å². The fourth-order valence-corrected chi connectivity index (χ4v) is 2.81. The topological polar surface area (TPSA) is 127 Å². The highest BCUT2D eigenvalue weighted by Crippen LogP contribution is 2.22. The Hall–Kier alpha value is -4.01. The standard InChI is InChI=1S/C21H20N2O7/c24-18(13-30-23-17-9-5-4-8-15(17)10-19(23)25)16(11-20(26)27)22-21(28)29-12-14-6-2-1-3-7-14/h1-10,16,25H,11-13H2,(H,22,28)(H,26,27). The molecule has 1 amide bonds. The highest BCUT2D eigenvalue weighted by Gasteiger charge is 2.25. The van der Waals surface area contributed by atoms with Crippen LogP contribution in [0.5, 0.6) is 5.88 Å². The number of fused-ring (bicyclic) bond motifs is 1. The summed E-state index contributed by atoms with van der Waals surface area (Å²) in [6.07, 6.45) is -1.56. The first kappa shape index (κ1) is 20.7. The van der Waals surface area contributed by atoms with Gasteiger partial charge in [0.15, 0.2) is 12.4 Å². The summed E-state index contributed by atoms with van der Waals surface area (Å²) in [5.41, 5.74) is 1.28. The number of ketones is 1. The van der Waals surface area contributed by atoms with Crippen molar-refractivity contribution in [3.05, 3.63) is 66.2 Å². The largest absolute Gasteiger partial charge is 0.492 e. The number of benzene rings is 2. The Kier molecular flexibility index (Phi) is 6.53. The van der Waals surface area contributed by atoms with Crippen molar-refractivity contribution in [2.45, 2.75) is 19.1 Å². The molecule has 0 aliphatic carbocycles. The highest BCUT2D eigenvalue weighted by atomic mass is 16.7. The number of aromatic nitrogens is 1. The van der Waals surface area contributed by atoms with Crippen molar-refractivity contribution in [1.29, 1.82) is 0 Å². The molecular formula is C21H20N2O7. The van der Waals surface area contributed by atoms with E-state index in [1.807, 2.05) is 6.07 Å². The van der Waals surface area contributed by atoms with E-state index in [2.05, 4.69) is 5.32 Å². The molecule has 0 aliphatic rings. The molecule has 9 nitrogen and oxygen atoms in total. The Morgan fingerprint density at radius 2 is 1.73 bits per heavy atom. The summed E-state index contributed by atoms with van der Waals surface area (Å²) in [5, 5.41) is 22.0. The molecule has 0 saturated heterocycles. The summed E-state index contributed by atoms with van der Waals surface area (Å²) >= 11 is 0. The Morgan fingerprint density at radius 3 is 2.47 bits per heavy atom. The second kappa shape index (κ2) is 9.46. The van der Waals surface area contributed by atoms with Gasteiger partial charge in [-0.3, -0.25) is 9.59 Å². The maximum Gasteiger partial charge on any atom is 0.408 e. The lowest BCUT2D eigenvalue weighted by molar-refractivity contribution is -0.140. The molecule has 0 bridgehead atoms. The molecule has 9 heteroatoms. The molecule has 0 fully saturated rings. The van der Waals surface area contributed by atoms with Gasteiger partial charge in [-0.25, -0.2) is 4.79 Å². The molecule has 0 spiro atoms. The number of carbonyl (C=O) groups excluding carboxylic acids is 2. The number of alkyl carbamates (subject to hydrolysis) is 1. The number of amides is 1. The lowest BCUT2D eigenvalue weighted by Crippen LogP contribution is -2.45. The number of nitrogens with one attached hydrogen (secondary N) is 1. The molecule has 30 heavy (non-hydrogen) atoms. The first-order valence-corrected chi connectivity index (χ1v) is 9.08. The first-order valence-electron chi connectivity index (χ1n) is 9.08. The molecule has 0 saturated carbocycles. The van der Waals surface area contributed by atoms with Crippen LogP contribution < -0.4 is 10.2 Å². The number of hydrogen-bond donors (Lipinski definition) is 3. The maximum absolute atomic E-state index is 12.5. The molecule has 0 radical (unpaired) electrons. The Bertz CT molecular complexity index is 1050. The van der Waals surface area contributed by atoms with E-state index in [0.717, 1.165) is 10.3 Å². The summed E-state index contributed by atoms with van der Waals surface area (Å²) in [6.45, 7) is -0.594. The molecule has 156 valence electrons. The quantitative estimate of drug-likeness (QED) is 0.491. The molecule has 3 N–H and O–H groups in total. The van der Waals surface area contributed by atoms with E-state index in [9.17, 15) is 19.5 Å². The third kappa shape index (κ3) is 5.28. The van der Waals surface area contributed by atoms with Gasteiger partial charge in [-0.2, -0.15) is 0 Å². The van der Waals surface area contributed by atoms with E-state index in [0.29, 0.717) is 10.9 Å². The molecular weight excluding hydrogens is 392 g/mol. The summed E-state index contributed by atoms with van der Waals surface area (Å²) < 4.78 is 6.10. The van der Waals surface area contributed by atoms with Crippen molar-refractivity contribution in [2.75, 3.05) is 6.61 Å². The van der Waals surface area contributed by atoms with Gasteiger partial charge in [0.2, 0.25) is 5.88 Å². The third-order valence-corrected chi connectivity index (χ3v) is 4.26. The van der Waals surface area contributed by atoms with Crippen LogP contribution in [0.4, 0.5) is 4.79 Å². The molecule has 1 atom stereocenters. The number of carbonyl (C=O) groups is 3. The van der Waals surface area contributed by atoms with Crippen molar-refractivity contribution in [1.82, 2.24) is 10.0 Å². The second-order valence-electron chi connectivity index (χ2n) is 6.45. The van der Waals surface area contributed by atoms with Gasteiger partial charge >= 0.3 is 12.1 Å². The molecule has 1 unspecified atom stereocenters. The predicted octanol–water partition coefficient (Wildman–Crippen LogP) is 2.11. The number of nitrogens with zero attached hydrogens (tertiary/aromatic N) is 1. The minimum absolute atomic E-state index is 0.0274. The van der Waals surface area contributed by atoms with Gasteiger partial charge in [-0.05, 0) is 11.6 Å². The van der Waals surface area contributed by atoms with Gasteiger partial charge in [-0.1, -0.05) is 48.5 Å². The van der Waals surface area contributed by atoms with Crippen LogP contribution >= 0.6 is 0 Å². The van der Waals surface area contributed by atoms with E-state index < -0.39 is 36.9 Å². The average Bonchev–Trinajstić information content (AvgIpc) is 3.05. The molecule has 3 aromatic rings. The van der Waals surface area contributed by atoms with Gasteiger partial charge in [0, 0.05) is 11.5 Å². The molecule has 1 aromatic heterocycles. The zero-order chi connectivity index (χ0) is 21.5. The van der Waals surface area contributed by atoms with Gasteiger partial charge < -0.3 is 25.1 Å². The van der Waals surface area contributed by atoms with Crippen molar-refractivity contribution >= 4 is 28.7 Å². The lowest BCUT2D eigenvalue weighted by atomic mass is 10.1. The van der Waals surface area contributed by atoms with Crippen molar-refractivity contribution in [3.63, 3.8) is 0 Å². The number of aromatic hydroxyl groups is 1. The van der Waals surface area contributed by atoms with Crippen LogP contribution in [-0.4, -0.2) is 45.4 Å². The fourth-order valence-electron chi connectivity index (χ4n) is 2.81. The predicted molar refractivity (Wildman–Crippen MR) is 106 cm³/mol. The van der Waals surface area contributed by atoms with Crippen LogP contribution in [0.1, 0.15) is 12.0 Å². The Balaban J connectivity index is 1.61. The Morgan fingerprint density at radius 1 is 1.03 bits per heavy atom. The van der Waals surface area contributed by atoms with Crippen molar-refractivity contribution in [3.8, 4) is 5.88 Å². The molecule has 0 aliphatic heterocycles. The number of aliphatic carboxylic acids is 1. The average molecular weight is 412 g/mol. The minimum Gasteiger partial charge on any atom is -0.492 e. The van der Waals surface area contributed by atoms with E-state index in [1.165, 1.54) is 6.07 Å². The van der Waals surface area contributed by atoms with Gasteiger partial charge in [0.25, 0.3) is 0 Å². The fraction of sp³-hybridized carbons (Fsp3) is 0.190. The van der Waals surface area contributed by atoms with E-state index in [4.69, 9.17) is 14.7 Å². The number of Topliss-reactive ketones (excluding diaryl/α,β-unsaturated/α-hetero) is 1. The van der Waals surface area contributed by atoms with E-state index in [-0.39, 0.29) is 12.5 Å². The maximum atomic E-state index is 12.5. The van der Waals surface area contributed by atoms with Gasteiger partial charge in [0.05, 0.1) is 11.9 Å². The van der Waals surface area contributed by atoms with Crippen LogP contribution in [0.15, 0.2) is 60.7 Å². The summed E-state index contributed by atoms with van der Waals surface area (Å²) in [5.74, 6) is -2.17. The van der Waals surface area contributed by atoms with Crippen LogP contribution in [0.2, 0.25) is 0 Å². The molecule has 2 aromatic carbocycles. The van der Waals surface area contributed by atoms with Crippen LogP contribution in [-0.2, 0) is 20.9 Å². The second-order valence-corrected chi connectivity index (χ2v) is 6.45. The SMILES string of the molecule is O=C(O)CC(NC(=O)OCc1ccccc1)C(=O)COn1c(O)cc2ccccc21. The molecule has 1 heterocycles. The summed E-state index contributed by atoms with van der Waals surface area (Å²) in [4.78, 5) is 41.0. The summed E-state index contributed by atoms with van der Waals surface area (Å²) in [7, 11) is 0. The number of carboxylic acid groups (broad SMARTS) is 1. The monoisotopic (exact) mass is 412 g/mol. The number of hydrogen-bond acceptors (Lipinski definition) is 6. The first-order chi connectivity index (χ1) is 14.4. The molecule has 3 rings (SSSR count). The highest BCUT2D eigenvalue weighted by molar-refractivity contribution is 5.91. The zero-order valence-electron chi connectivity index (χ0n) is 15.9. The number of carboxylic acids is 1. The van der Waals surface area contributed by atoms with Gasteiger partial charge in [0.1, 0.15) is 12.6 Å².